The van der Waals surface area contributed by atoms with E-state index in [0.29, 0.717) is 5.56 Å². The molecule has 0 heterocycles. The molecule has 0 fully saturated rings. The molecule has 0 saturated carbocycles. The quantitative estimate of drug-likeness (QED) is 0.889. The Morgan fingerprint density at radius 1 is 0.950 bits per heavy atom. The molecular formula is C16H16N2O2. The summed E-state index contributed by atoms with van der Waals surface area (Å²) in [6.45, 7) is 1.55. The molecule has 0 bridgehead atoms. The highest BCUT2D eigenvalue weighted by Crippen LogP contribution is 2.19. The Kier molecular flexibility index (Phi) is 4.15. The van der Waals surface area contributed by atoms with Crippen molar-refractivity contribution in [2.75, 3.05) is 0 Å². The average Bonchev–Trinajstić information content (AvgIpc) is 2.48. The minimum atomic E-state index is -0.684. The normalized spacial score (nSPS) is 11.7. The Labute approximate surface area is 117 Å². The molecule has 2 aromatic rings. The maximum atomic E-state index is 11.9. The lowest BCUT2D eigenvalue weighted by atomic mass is 10.0. The Balaban J connectivity index is 2.12. The highest BCUT2D eigenvalue weighted by atomic mass is 16.2. The third-order valence-corrected chi connectivity index (χ3v) is 3.03. The van der Waals surface area contributed by atoms with Crippen molar-refractivity contribution in [2.45, 2.75) is 13.0 Å². The SMILES string of the molecule is C[C@@H](NC(=O)c1ccc(-c2ccccc2)cc1)C(N)=O. The fourth-order valence-electron chi connectivity index (χ4n) is 1.80. The molecule has 2 aromatic carbocycles. The molecule has 2 amide bonds. The van der Waals surface area contributed by atoms with Crippen LogP contribution in [0.2, 0.25) is 0 Å². The summed E-state index contributed by atoms with van der Waals surface area (Å²) in [6.07, 6.45) is 0. The van der Waals surface area contributed by atoms with E-state index in [9.17, 15) is 9.59 Å². The van der Waals surface area contributed by atoms with Crippen molar-refractivity contribution in [2.24, 2.45) is 5.73 Å². The topological polar surface area (TPSA) is 72.2 Å². The standard InChI is InChI=1S/C16H16N2O2/c1-11(15(17)19)18-16(20)14-9-7-13(8-10-14)12-5-3-2-4-6-12/h2-11H,1H3,(H2,17,19)(H,18,20)/t11-/m1/s1. The zero-order chi connectivity index (χ0) is 14.5. The first kappa shape index (κ1) is 13.8. The molecule has 1 atom stereocenters. The van der Waals surface area contributed by atoms with Gasteiger partial charge >= 0.3 is 0 Å². The first-order chi connectivity index (χ1) is 9.58. The van der Waals surface area contributed by atoms with Crippen molar-refractivity contribution in [1.29, 1.82) is 0 Å². The minimum absolute atomic E-state index is 0.309. The molecule has 0 aromatic heterocycles. The number of hydrogen-bond acceptors (Lipinski definition) is 2. The predicted octanol–water partition coefficient (Wildman–Crippen LogP) is 1.96. The predicted molar refractivity (Wildman–Crippen MR) is 78.0 cm³/mol. The highest BCUT2D eigenvalue weighted by molar-refractivity contribution is 5.97. The largest absolute Gasteiger partial charge is 0.368 e. The average molecular weight is 268 g/mol. The molecule has 4 nitrogen and oxygen atoms in total. The summed E-state index contributed by atoms with van der Waals surface area (Å²) >= 11 is 0. The second-order valence-electron chi connectivity index (χ2n) is 4.54. The first-order valence-electron chi connectivity index (χ1n) is 6.33. The number of nitrogens with two attached hydrogens (primary N) is 1. The van der Waals surface area contributed by atoms with Crippen LogP contribution in [0.4, 0.5) is 0 Å². The van der Waals surface area contributed by atoms with Crippen molar-refractivity contribution in [3.8, 4) is 11.1 Å². The number of benzene rings is 2. The van der Waals surface area contributed by atoms with Gasteiger partial charge in [-0.2, -0.15) is 0 Å². The van der Waals surface area contributed by atoms with Gasteiger partial charge in [0.05, 0.1) is 0 Å². The lowest BCUT2D eigenvalue weighted by Gasteiger charge is -2.10. The number of nitrogens with one attached hydrogen (secondary N) is 1. The molecule has 0 unspecified atom stereocenters. The molecule has 3 N–H and O–H groups in total. The number of primary amides is 1. The van der Waals surface area contributed by atoms with E-state index in [-0.39, 0.29) is 5.91 Å². The smallest absolute Gasteiger partial charge is 0.251 e. The van der Waals surface area contributed by atoms with E-state index in [0.717, 1.165) is 11.1 Å². The zero-order valence-electron chi connectivity index (χ0n) is 11.2. The number of rotatable bonds is 4. The van der Waals surface area contributed by atoms with Gasteiger partial charge in [0, 0.05) is 5.56 Å². The second kappa shape index (κ2) is 6.02. The van der Waals surface area contributed by atoms with Crippen LogP contribution in [0, 0.1) is 0 Å². The number of hydrogen-bond donors (Lipinski definition) is 2. The minimum Gasteiger partial charge on any atom is -0.368 e. The van der Waals surface area contributed by atoms with E-state index < -0.39 is 11.9 Å². The van der Waals surface area contributed by atoms with Crippen LogP contribution < -0.4 is 11.1 Å². The molecule has 0 aliphatic heterocycles. The van der Waals surface area contributed by atoms with Crippen molar-refractivity contribution >= 4 is 11.8 Å². The molecule has 0 radical (unpaired) electrons. The Bertz CT molecular complexity index is 606. The lowest BCUT2D eigenvalue weighted by molar-refractivity contribution is -0.119. The number of carbonyl (C=O) groups excluding carboxylic acids is 2. The highest BCUT2D eigenvalue weighted by Gasteiger charge is 2.13. The Morgan fingerprint density at radius 3 is 2.05 bits per heavy atom. The Morgan fingerprint density at radius 2 is 1.50 bits per heavy atom. The molecule has 20 heavy (non-hydrogen) atoms. The molecule has 0 aliphatic rings. The molecular weight excluding hydrogens is 252 g/mol. The van der Waals surface area contributed by atoms with Gasteiger partial charge in [0.25, 0.3) is 5.91 Å². The van der Waals surface area contributed by atoms with E-state index in [1.54, 1.807) is 19.1 Å². The van der Waals surface area contributed by atoms with Gasteiger partial charge in [0.15, 0.2) is 0 Å². The Hall–Kier alpha value is -2.62. The van der Waals surface area contributed by atoms with Crippen LogP contribution in [0.15, 0.2) is 54.6 Å². The zero-order valence-corrected chi connectivity index (χ0v) is 11.2. The molecule has 0 spiro atoms. The van der Waals surface area contributed by atoms with Gasteiger partial charge in [-0.05, 0) is 30.2 Å². The molecule has 0 saturated heterocycles. The molecule has 102 valence electrons. The van der Waals surface area contributed by atoms with Crippen LogP contribution in [-0.2, 0) is 4.79 Å². The summed E-state index contributed by atoms with van der Waals surface area (Å²) in [7, 11) is 0. The summed E-state index contributed by atoms with van der Waals surface area (Å²) < 4.78 is 0. The lowest BCUT2D eigenvalue weighted by Crippen LogP contribution is -2.42. The van der Waals surface area contributed by atoms with Crippen LogP contribution in [0.1, 0.15) is 17.3 Å². The maximum Gasteiger partial charge on any atom is 0.251 e. The summed E-state index contributed by atoms with van der Waals surface area (Å²) in [5.74, 6) is -0.866. The van der Waals surface area contributed by atoms with E-state index in [2.05, 4.69) is 5.32 Å². The van der Waals surface area contributed by atoms with Crippen LogP contribution in [-0.4, -0.2) is 17.9 Å². The summed E-state index contributed by atoms with van der Waals surface area (Å²) in [5, 5.41) is 2.54. The molecule has 2 rings (SSSR count). The summed E-state index contributed by atoms with van der Waals surface area (Å²) in [4.78, 5) is 22.8. The first-order valence-corrected chi connectivity index (χ1v) is 6.33. The van der Waals surface area contributed by atoms with E-state index in [1.165, 1.54) is 0 Å². The monoisotopic (exact) mass is 268 g/mol. The fourth-order valence-corrected chi connectivity index (χ4v) is 1.80. The van der Waals surface area contributed by atoms with Gasteiger partial charge < -0.3 is 11.1 Å². The van der Waals surface area contributed by atoms with Gasteiger partial charge in [-0.25, -0.2) is 0 Å². The van der Waals surface area contributed by atoms with Crippen LogP contribution in [0.25, 0.3) is 11.1 Å². The fraction of sp³-hybridized carbons (Fsp3) is 0.125. The molecule has 0 aliphatic carbocycles. The van der Waals surface area contributed by atoms with Crippen LogP contribution in [0.5, 0.6) is 0 Å². The van der Waals surface area contributed by atoms with E-state index in [1.807, 2.05) is 42.5 Å². The van der Waals surface area contributed by atoms with Crippen molar-refractivity contribution < 1.29 is 9.59 Å². The van der Waals surface area contributed by atoms with E-state index in [4.69, 9.17) is 5.73 Å². The van der Waals surface area contributed by atoms with Gasteiger partial charge in [-0.15, -0.1) is 0 Å². The van der Waals surface area contributed by atoms with Crippen molar-refractivity contribution in [1.82, 2.24) is 5.32 Å². The van der Waals surface area contributed by atoms with Crippen molar-refractivity contribution in [3.63, 3.8) is 0 Å². The summed E-state index contributed by atoms with van der Waals surface area (Å²) in [5.41, 5.74) is 7.73. The van der Waals surface area contributed by atoms with Crippen molar-refractivity contribution in [3.05, 3.63) is 60.2 Å². The van der Waals surface area contributed by atoms with Gasteiger partial charge in [0.2, 0.25) is 5.91 Å². The van der Waals surface area contributed by atoms with Crippen LogP contribution >= 0.6 is 0 Å². The molecule has 4 heteroatoms. The van der Waals surface area contributed by atoms with Gasteiger partial charge in [-0.3, -0.25) is 9.59 Å². The van der Waals surface area contributed by atoms with E-state index >= 15 is 0 Å². The third kappa shape index (κ3) is 3.23. The third-order valence-electron chi connectivity index (χ3n) is 3.03. The van der Waals surface area contributed by atoms with Gasteiger partial charge in [-0.1, -0.05) is 42.5 Å². The summed E-state index contributed by atoms with van der Waals surface area (Å²) in [6, 6.07) is 16.4. The van der Waals surface area contributed by atoms with Crippen LogP contribution in [0.3, 0.4) is 0 Å². The maximum absolute atomic E-state index is 11.9. The second-order valence-corrected chi connectivity index (χ2v) is 4.54. The number of carbonyl (C=O) groups is 2. The number of amides is 2. The van der Waals surface area contributed by atoms with Gasteiger partial charge in [0.1, 0.15) is 6.04 Å².